The van der Waals surface area contributed by atoms with Crippen molar-refractivity contribution < 1.29 is 4.84 Å². The second kappa shape index (κ2) is 7.00. The molecule has 0 heterocycles. The van der Waals surface area contributed by atoms with Crippen LogP contribution in [0.15, 0.2) is 36.0 Å². The van der Waals surface area contributed by atoms with E-state index in [2.05, 4.69) is 24.0 Å². The van der Waals surface area contributed by atoms with Crippen LogP contribution in [0.1, 0.15) is 43.2 Å². The Balaban J connectivity index is 1.76. The smallest absolute Gasteiger partial charge is 0.142 e. The molecule has 1 aromatic rings. The summed E-state index contributed by atoms with van der Waals surface area (Å²) in [5, 5.41) is 3.97. The molecule has 1 aromatic carbocycles. The van der Waals surface area contributed by atoms with E-state index in [0.29, 0.717) is 12.5 Å². The van der Waals surface area contributed by atoms with Crippen molar-refractivity contribution in [3.05, 3.63) is 42.0 Å². The van der Waals surface area contributed by atoms with E-state index >= 15 is 0 Å². The van der Waals surface area contributed by atoms with E-state index in [1.807, 2.05) is 24.3 Å². The molecule has 2 rings (SSSR count). The topological polar surface area (TPSA) is 21.6 Å². The summed E-state index contributed by atoms with van der Waals surface area (Å²) < 4.78 is 0. The molecule has 0 aromatic heterocycles. The summed E-state index contributed by atoms with van der Waals surface area (Å²) in [4.78, 5) is 5.30. The standard InChI is InChI=1S/C16H20NO/c1-2-14-9-6-10-16(11-14)13-18-17-12-15-7-4-3-5-8-15/h2,6,9-11,15H,1,3-5,7-8,13H2. The quantitative estimate of drug-likeness (QED) is 0.557. The minimum atomic E-state index is 0.498. The molecule has 0 unspecified atom stereocenters. The van der Waals surface area contributed by atoms with E-state index in [1.165, 1.54) is 32.1 Å². The lowest BCUT2D eigenvalue weighted by Gasteiger charge is -2.15. The van der Waals surface area contributed by atoms with E-state index in [9.17, 15) is 0 Å². The molecule has 1 aliphatic carbocycles. The number of nitrogens with zero attached hydrogens (tertiary/aromatic N) is 1. The Labute approximate surface area is 109 Å². The first kappa shape index (κ1) is 12.9. The molecule has 1 saturated carbocycles. The second-order valence-corrected chi connectivity index (χ2v) is 4.78. The Morgan fingerprint density at radius 1 is 1.33 bits per heavy atom. The first-order chi connectivity index (χ1) is 8.88. The fraction of sp³-hybridized carbons (Fsp3) is 0.438. The molecule has 95 valence electrons. The van der Waals surface area contributed by atoms with E-state index in [-0.39, 0.29) is 0 Å². The minimum absolute atomic E-state index is 0.498. The molecular formula is C16H20NO. The Kier molecular flexibility index (Phi) is 5.00. The Morgan fingerprint density at radius 2 is 2.17 bits per heavy atom. The number of rotatable bonds is 5. The monoisotopic (exact) mass is 242 g/mol. The number of benzene rings is 1. The van der Waals surface area contributed by atoms with Gasteiger partial charge in [-0.1, -0.05) is 55.3 Å². The SMILES string of the molecule is C=Cc1cccc(CO/N=[C]\C2CCCCC2)c1. The molecule has 0 N–H and O–H groups in total. The molecular weight excluding hydrogens is 222 g/mol. The summed E-state index contributed by atoms with van der Waals surface area (Å²) in [7, 11) is 0. The third kappa shape index (κ3) is 4.02. The van der Waals surface area contributed by atoms with E-state index in [1.54, 1.807) is 0 Å². The largest absolute Gasteiger partial charge is 0.391 e. The zero-order valence-electron chi connectivity index (χ0n) is 10.8. The third-order valence-electron chi connectivity index (χ3n) is 3.32. The van der Waals surface area contributed by atoms with Crippen molar-refractivity contribution >= 4 is 12.3 Å². The average molecular weight is 242 g/mol. The van der Waals surface area contributed by atoms with Crippen LogP contribution in [0.2, 0.25) is 0 Å². The lowest BCUT2D eigenvalue weighted by molar-refractivity contribution is 0.130. The minimum Gasteiger partial charge on any atom is -0.391 e. The van der Waals surface area contributed by atoms with Gasteiger partial charge in [0.2, 0.25) is 0 Å². The lowest BCUT2D eigenvalue weighted by atomic mass is 9.90. The molecule has 1 radical (unpaired) electrons. The van der Waals surface area contributed by atoms with Crippen molar-refractivity contribution in [3.63, 3.8) is 0 Å². The van der Waals surface area contributed by atoms with Gasteiger partial charge in [-0.05, 0) is 30.0 Å². The van der Waals surface area contributed by atoms with Gasteiger partial charge in [-0.2, -0.15) is 0 Å². The van der Waals surface area contributed by atoms with Gasteiger partial charge in [0.15, 0.2) is 0 Å². The third-order valence-corrected chi connectivity index (χ3v) is 3.32. The summed E-state index contributed by atoms with van der Waals surface area (Å²) >= 11 is 0. The van der Waals surface area contributed by atoms with Gasteiger partial charge < -0.3 is 4.84 Å². The molecule has 0 aliphatic heterocycles. The molecule has 0 spiro atoms. The first-order valence-electron chi connectivity index (χ1n) is 6.67. The van der Waals surface area contributed by atoms with E-state index in [0.717, 1.165) is 11.1 Å². The fourth-order valence-corrected chi connectivity index (χ4v) is 2.26. The van der Waals surface area contributed by atoms with Crippen LogP contribution in [-0.4, -0.2) is 6.21 Å². The van der Waals surface area contributed by atoms with Crippen LogP contribution in [-0.2, 0) is 11.4 Å². The average Bonchev–Trinajstić information content (AvgIpc) is 2.45. The van der Waals surface area contributed by atoms with Crippen LogP contribution in [0.5, 0.6) is 0 Å². The van der Waals surface area contributed by atoms with Crippen molar-refractivity contribution in [1.82, 2.24) is 0 Å². The second-order valence-electron chi connectivity index (χ2n) is 4.78. The van der Waals surface area contributed by atoms with Crippen molar-refractivity contribution in [2.45, 2.75) is 38.7 Å². The molecule has 0 bridgehead atoms. The van der Waals surface area contributed by atoms with Gasteiger partial charge in [0.1, 0.15) is 12.8 Å². The van der Waals surface area contributed by atoms with E-state index < -0.39 is 0 Å². The molecule has 2 heteroatoms. The normalized spacial score (nSPS) is 16.9. The molecule has 1 fully saturated rings. The number of hydrogen-bond donors (Lipinski definition) is 0. The highest BCUT2D eigenvalue weighted by Gasteiger charge is 2.11. The van der Waals surface area contributed by atoms with Crippen LogP contribution in [0, 0.1) is 5.92 Å². The highest BCUT2D eigenvalue weighted by molar-refractivity contribution is 5.59. The van der Waals surface area contributed by atoms with Gasteiger partial charge in [0, 0.05) is 5.92 Å². The predicted molar refractivity (Wildman–Crippen MR) is 75.3 cm³/mol. The predicted octanol–water partition coefficient (Wildman–Crippen LogP) is 4.29. The zero-order chi connectivity index (χ0) is 12.6. The van der Waals surface area contributed by atoms with Crippen molar-refractivity contribution in [2.24, 2.45) is 11.1 Å². The Morgan fingerprint density at radius 3 is 2.94 bits per heavy atom. The van der Waals surface area contributed by atoms with E-state index in [4.69, 9.17) is 4.84 Å². The summed E-state index contributed by atoms with van der Waals surface area (Å²) in [6.45, 7) is 4.25. The molecule has 2 nitrogen and oxygen atoms in total. The van der Waals surface area contributed by atoms with Crippen LogP contribution in [0.25, 0.3) is 6.08 Å². The Bertz CT molecular complexity index is 405. The molecule has 0 amide bonds. The molecule has 0 saturated heterocycles. The van der Waals surface area contributed by atoms with Crippen LogP contribution >= 0.6 is 0 Å². The first-order valence-corrected chi connectivity index (χ1v) is 6.67. The summed E-state index contributed by atoms with van der Waals surface area (Å²) in [5.41, 5.74) is 2.22. The van der Waals surface area contributed by atoms with Gasteiger partial charge >= 0.3 is 0 Å². The van der Waals surface area contributed by atoms with Crippen molar-refractivity contribution in [1.29, 1.82) is 0 Å². The Hall–Kier alpha value is -1.57. The van der Waals surface area contributed by atoms with Crippen molar-refractivity contribution in [2.75, 3.05) is 0 Å². The van der Waals surface area contributed by atoms with Gasteiger partial charge in [0.05, 0.1) is 0 Å². The van der Waals surface area contributed by atoms with Gasteiger partial charge in [0.25, 0.3) is 0 Å². The maximum absolute atomic E-state index is 5.30. The van der Waals surface area contributed by atoms with Crippen molar-refractivity contribution in [3.8, 4) is 0 Å². The summed E-state index contributed by atoms with van der Waals surface area (Å²) in [6.07, 6.45) is 11.3. The van der Waals surface area contributed by atoms with Crippen LogP contribution in [0.4, 0.5) is 0 Å². The summed E-state index contributed by atoms with van der Waals surface area (Å²) in [5.74, 6) is 0.498. The summed E-state index contributed by atoms with van der Waals surface area (Å²) in [6, 6.07) is 8.12. The van der Waals surface area contributed by atoms with Gasteiger partial charge in [-0.3, -0.25) is 0 Å². The maximum Gasteiger partial charge on any atom is 0.142 e. The number of hydrogen-bond acceptors (Lipinski definition) is 2. The highest BCUT2D eigenvalue weighted by Crippen LogP contribution is 2.21. The van der Waals surface area contributed by atoms with Gasteiger partial charge in [-0.25, -0.2) is 0 Å². The highest BCUT2D eigenvalue weighted by atomic mass is 16.6. The van der Waals surface area contributed by atoms with Crippen LogP contribution < -0.4 is 0 Å². The molecule has 18 heavy (non-hydrogen) atoms. The van der Waals surface area contributed by atoms with Gasteiger partial charge in [-0.15, -0.1) is 0 Å². The molecule has 0 atom stereocenters. The molecule has 1 aliphatic rings. The lowest BCUT2D eigenvalue weighted by Crippen LogP contribution is -2.07. The fourth-order valence-electron chi connectivity index (χ4n) is 2.26. The van der Waals surface area contributed by atoms with Crippen LogP contribution in [0.3, 0.4) is 0 Å². The zero-order valence-corrected chi connectivity index (χ0v) is 10.8. The maximum atomic E-state index is 5.30.